The molecule has 5 nitrogen and oxygen atoms in total. The molecule has 0 radical (unpaired) electrons. The average molecular weight is 295 g/mol. The number of nitrogens with two attached hydrogens (primary N) is 1. The normalized spacial score (nSPS) is 40.8. The van der Waals surface area contributed by atoms with Gasteiger partial charge < -0.3 is 15.8 Å². The molecule has 2 saturated heterocycles. The minimum absolute atomic E-state index is 0.0176. The molecule has 0 aromatic heterocycles. The van der Waals surface area contributed by atoms with Crippen LogP contribution in [-0.2, 0) is 9.53 Å². The summed E-state index contributed by atoms with van der Waals surface area (Å²) in [5, 5.41) is 3.09. The molecule has 3 aliphatic rings. The highest BCUT2D eigenvalue weighted by atomic mass is 16.5. The summed E-state index contributed by atoms with van der Waals surface area (Å²) in [6, 6.07) is 0.632. The molecule has 3 N–H and O–H groups in total. The summed E-state index contributed by atoms with van der Waals surface area (Å²) < 4.78 is 5.90. The predicted molar refractivity (Wildman–Crippen MR) is 81.8 cm³/mol. The Morgan fingerprint density at radius 3 is 3.00 bits per heavy atom. The van der Waals surface area contributed by atoms with Gasteiger partial charge in [0.25, 0.3) is 0 Å². The second-order valence-corrected chi connectivity index (χ2v) is 7.09. The van der Waals surface area contributed by atoms with Crippen LogP contribution in [-0.4, -0.2) is 55.2 Å². The fraction of sp³-hybridized carbons (Fsp3) is 0.938. The van der Waals surface area contributed by atoms with Gasteiger partial charge in [-0.05, 0) is 38.1 Å². The van der Waals surface area contributed by atoms with Gasteiger partial charge in [-0.2, -0.15) is 0 Å². The average Bonchev–Trinajstić information content (AvgIpc) is 2.92. The number of hydrogen-bond acceptors (Lipinski definition) is 4. The summed E-state index contributed by atoms with van der Waals surface area (Å²) in [6.07, 6.45) is 5.90. The second kappa shape index (κ2) is 6.63. The maximum absolute atomic E-state index is 12.4. The van der Waals surface area contributed by atoms with Crippen LogP contribution in [0.15, 0.2) is 0 Å². The number of nitrogens with one attached hydrogen (secondary N) is 1. The quantitative estimate of drug-likeness (QED) is 0.805. The van der Waals surface area contributed by atoms with Gasteiger partial charge in [0.15, 0.2) is 0 Å². The molecule has 2 aliphatic heterocycles. The van der Waals surface area contributed by atoms with E-state index in [1.54, 1.807) is 0 Å². The molecule has 3 fully saturated rings. The molecule has 1 aliphatic carbocycles. The van der Waals surface area contributed by atoms with E-state index >= 15 is 0 Å². The van der Waals surface area contributed by atoms with Crippen molar-refractivity contribution in [2.75, 3.05) is 26.2 Å². The van der Waals surface area contributed by atoms with E-state index in [9.17, 15) is 4.79 Å². The summed E-state index contributed by atoms with van der Waals surface area (Å²) >= 11 is 0. The fourth-order valence-corrected chi connectivity index (χ4v) is 4.25. The first-order valence-electron chi connectivity index (χ1n) is 8.54. The van der Waals surface area contributed by atoms with Crippen molar-refractivity contribution in [1.82, 2.24) is 10.2 Å². The highest BCUT2D eigenvalue weighted by Gasteiger charge is 2.35. The summed E-state index contributed by atoms with van der Waals surface area (Å²) in [4.78, 5) is 14.9. The summed E-state index contributed by atoms with van der Waals surface area (Å²) in [5.41, 5.74) is 6.15. The van der Waals surface area contributed by atoms with Crippen LogP contribution in [0.25, 0.3) is 0 Å². The third-order valence-corrected chi connectivity index (χ3v) is 5.54. The highest BCUT2D eigenvalue weighted by Crippen LogP contribution is 2.29. The second-order valence-electron chi connectivity index (χ2n) is 7.09. The van der Waals surface area contributed by atoms with Crippen molar-refractivity contribution < 1.29 is 9.53 Å². The van der Waals surface area contributed by atoms with Crippen molar-refractivity contribution in [3.05, 3.63) is 0 Å². The van der Waals surface area contributed by atoms with Gasteiger partial charge in [0, 0.05) is 25.2 Å². The Morgan fingerprint density at radius 1 is 1.33 bits per heavy atom. The molecule has 5 atom stereocenters. The fourth-order valence-electron chi connectivity index (χ4n) is 4.25. The Bertz CT molecular complexity index is 367. The Morgan fingerprint density at radius 2 is 2.19 bits per heavy atom. The molecule has 0 bridgehead atoms. The first-order valence-corrected chi connectivity index (χ1v) is 8.54. The Kier molecular flexibility index (Phi) is 4.82. The molecule has 3 rings (SSSR count). The first kappa shape index (κ1) is 15.3. The van der Waals surface area contributed by atoms with Crippen molar-refractivity contribution in [3.8, 4) is 0 Å². The monoisotopic (exact) mass is 295 g/mol. The van der Waals surface area contributed by atoms with E-state index in [4.69, 9.17) is 10.5 Å². The van der Waals surface area contributed by atoms with Crippen LogP contribution in [0.4, 0.5) is 0 Å². The van der Waals surface area contributed by atoms with E-state index in [1.165, 1.54) is 19.4 Å². The SMILES string of the molecule is CC1CCCC(N)C1C(=O)NCC1CN2CCCC2CO1. The van der Waals surface area contributed by atoms with Crippen molar-refractivity contribution in [3.63, 3.8) is 0 Å². The van der Waals surface area contributed by atoms with E-state index < -0.39 is 0 Å². The van der Waals surface area contributed by atoms with Crippen molar-refractivity contribution >= 4 is 5.91 Å². The summed E-state index contributed by atoms with van der Waals surface area (Å²) in [6.45, 7) is 5.73. The number of carbonyl (C=O) groups is 1. The lowest BCUT2D eigenvalue weighted by atomic mass is 9.76. The molecule has 1 amide bonds. The van der Waals surface area contributed by atoms with Crippen LogP contribution >= 0.6 is 0 Å². The van der Waals surface area contributed by atoms with E-state index in [0.29, 0.717) is 18.5 Å². The van der Waals surface area contributed by atoms with Crippen LogP contribution in [0.2, 0.25) is 0 Å². The maximum Gasteiger partial charge on any atom is 0.225 e. The van der Waals surface area contributed by atoms with Crippen LogP contribution in [0, 0.1) is 11.8 Å². The molecule has 120 valence electrons. The zero-order valence-electron chi connectivity index (χ0n) is 13.1. The minimum Gasteiger partial charge on any atom is -0.373 e. The van der Waals surface area contributed by atoms with Gasteiger partial charge >= 0.3 is 0 Å². The van der Waals surface area contributed by atoms with Crippen LogP contribution in [0.1, 0.15) is 39.0 Å². The van der Waals surface area contributed by atoms with Crippen molar-refractivity contribution in [1.29, 1.82) is 0 Å². The number of ether oxygens (including phenoxy) is 1. The number of nitrogens with zero attached hydrogens (tertiary/aromatic N) is 1. The zero-order valence-corrected chi connectivity index (χ0v) is 13.1. The van der Waals surface area contributed by atoms with Crippen molar-refractivity contribution in [2.45, 2.75) is 57.2 Å². The number of carbonyl (C=O) groups excluding carboxylic acids is 1. The van der Waals surface area contributed by atoms with Gasteiger partial charge in [-0.1, -0.05) is 13.3 Å². The predicted octanol–water partition coefficient (Wildman–Crippen LogP) is 0.729. The smallest absolute Gasteiger partial charge is 0.225 e. The molecule has 21 heavy (non-hydrogen) atoms. The first-order chi connectivity index (χ1) is 10.1. The number of fused-ring (bicyclic) bond motifs is 1. The molecule has 2 heterocycles. The molecule has 0 spiro atoms. The number of rotatable bonds is 3. The van der Waals surface area contributed by atoms with Gasteiger partial charge in [0.05, 0.1) is 18.6 Å². The third kappa shape index (κ3) is 3.41. The minimum atomic E-state index is -0.0260. The van der Waals surface area contributed by atoms with E-state index in [0.717, 1.165) is 32.4 Å². The van der Waals surface area contributed by atoms with E-state index in [1.807, 2.05) is 0 Å². The number of hydrogen-bond donors (Lipinski definition) is 2. The van der Waals surface area contributed by atoms with Crippen LogP contribution < -0.4 is 11.1 Å². The largest absolute Gasteiger partial charge is 0.373 e. The molecule has 5 heteroatoms. The molecule has 1 saturated carbocycles. The maximum atomic E-state index is 12.4. The number of morpholine rings is 1. The van der Waals surface area contributed by atoms with Gasteiger partial charge in [-0.25, -0.2) is 0 Å². The molecule has 0 aromatic rings. The Balaban J connectivity index is 1.47. The van der Waals surface area contributed by atoms with Gasteiger partial charge in [-0.3, -0.25) is 9.69 Å². The van der Waals surface area contributed by atoms with Gasteiger partial charge in [-0.15, -0.1) is 0 Å². The lowest BCUT2D eigenvalue weighted by Crippen LogP contribution is -2.52. The molecular weight excluding hydrogens is 266 g/mol. The summed E-state index contributed by atoms with van der Waals surface area (Å²) in [5.74, 6) is 0.493. The molecule has 5 unspecified atom stereocenters. The van der Waals surface area contributed by atoms with Crippen LogP contribution in [0.3, 0.4) is 0 Å². The lowest BCUT2D eigenvalue weighted by molar-refractivity contribution is -0.129. The molecular formula is C16H29N3O2. The summed E-state index contributed by atoms with van der Waals surface area (Å²) in [7, 11) is 0. The number of amides is 1. The Labute approximate surface area is 127 Å². The lowest BCUT2D eigenvalue weighted by Gasteiger charge is -2.36. The molecule has 0 aromatic carbocycles. The topological polar surface area (TPSA) is 67.6 Å². The van der Waals surface area contributed by atoms with E-state index in [2.05, 4.69) is 17.1 Å². The van der Waals surface area contributed by atoms with Gasteiger partial charge in [0.1, 0.15) is 0 Å². The third-order valence-electron chi connectivity index (χ3n) is 5.54. The Hall–Kier alpha value is -0.650. The van der Waals surface area contributed by atoms with E-state index in [-0.39, 0.29) is 24.0 Å². The van der Waals surface area contributed by atoms with Crippen LogP contribution in [0.5, 0.6) is 0 Å². The van der Waals surface area contributed by atoms with Gasteiger partial charge in [0.2, 0.25) is 5.91 Å². The van der Waals surface area contributed by atoms with Crippen molar-refractivity contribution in [2.24, 2.45) is 17.6 Å². The zero-order chi connectivity index (χ0) is 14.8. The highest BCUT2D eigenvalue weighted by molar-refractivity contribution is 5.79. The standard InChI is InChI=1S/C16H29N3O2/c1-11-4-2-6-14(17)15(11)16(20)18-8-13-9-19-7-3-5-12(19)10-21-13/h11-15H,2-10,17H2,1H3,(H,18,20).